The normalized spacial score (nSPS) is 18.4. The molecule has 2 aliphatic heterocycles. The van der Waals surface area contributed by atoms with Crippen LogP contribution in [0.5, 0.6) is 0 Å². The van der Waals surface area contributed by atoms with E-state index in [2.05, 4.69) is 15.0 Å². The van der Waals surface area contributed by atoms with Gasteiger partial charge in [0.25, 0.3) is 0 Å². The van der Waals surface area contributed by atoms with Gasteiger partial charge in [0.1, 0.15) is 0 Å². The van der Waals surface area contributed by atoms with Crippen LogP contribution in [0.1, 0.15) is 38.0 Å². The number of hydrogen-bond acceptors (Lipinski definition) is 7. The van der Waals surface area contributed by atoms with Crippen LogP contribution in [0.2, 0.25) is 0 Å². The Kier molecular flexibility index (Phi) is 7.11. The minimum absolute atomic E-state index is 0.101. The van der Waals surface area contributed by atoms with Crippen molar-refractivity contribution in [2.24, 2.45) is 0 Å². The van der Waals surface area contributed by atoms with E-state index in [1.54, 1.807) is 11.3 Å². The lowest BCUT2D eigenvalue weighted by Gasteiger charge is -2.35. The lowest BCUT2D eigenvalue weighted by atomic mass is 10.2. The molecule has 2 amide bonds. The third-order valence-corrected chi connectivity index (χ3v) is 6.67. The predicted molar refractivity (Wildman–Crippen MR) is 114 cm³/mol. The molecule has 2 aromatic rings. The molecule has 8 nitrogen and oxygen atoms in total. The molecule has 9 heteroatoms. The molecule has 0 aromatic carbocycles. The molecule has 4 heterocycles. The van der Waals surface area contributed by atoms with Gasteiger partial charge in [-0.25, -0.2) is 0 Å². The van der Waals surface area contributed by atoms with Gasteiger partial charge in [-0.3, -0.25) is 14.5 Å². The summed E-state index contributed by atoms with van der Waals surface area (Å²) in [6.07, 6.45) is 5.49. The van der Waals surface area contributed by atoms with Crippen molar-refractivity contribution >= 4 is 23.2 Å². The number of aryl methyl sites for hydroxylation is 1. The Balaban J connectivity index is 1.18. The Morgan fingerprint density at radius 2 is 1.70 bits per heavy atom. The summed E-state index contributed by atoms with van der Waals surface area (Å²) in [6, 6.07) is 3.89. The third-order valence-electron chi connectivity index (χ3n) is 5.81. The quantitative estimate of drug-likeness (QED) is 0.698. The fourth-order valence-electron chi connectivity index (χ4n) is 4.00. The summed E-state index contributed by atoms with van der Waals surface area (Å²) in [7, 11) is 0. The van der Waals surface area contributed by atoms with Crippen LogP contribution in [0.4, 0.5) is 0 Å². The summed E-state index contributed by atoms with van der Waals surface area (Å²) < 4.78 is 5.28. The van der Waals surface area contributed by atoms with E-state index in [1.165, 1.54) is 12.8 Å². The molecule has 2 aromatic heterocycles. The van der Waals surface area contributed by atoms with Gasteiger partial charge in [0, 0.05) is 52.1 Å². The van der Waals surface area contributed by atoms with Crippen LogP contribution in [-0.2, 0) is 16.0 Å². The van der Waals surface area contributed by atoms with Crippen molar-refractivity contribution in [1.82, 2.24) is 24.8 Å². The topological polar surface area (TPSA) is 82.8 Å². The average Bonchev–Trinajstić information content (AvgIpc) is 3.39. The van der Waals surface area contributed by atoms with Crippen molar-refractivity contribution in [2.75, 3.05) is 45.8 Å². The standard InChI is InChI=1S/C21H29N5O3S/c27-19(8-7-18-22-21(23-29-18)17-6-5-15-30-17)26-13-11-24(12-14-26)16-20(28)25-9-3-1-2-4-10-25/h5-6,15H,1-4,7-14,16H2. The molecular weight excluding hydrogens is 402 g/mol. The Morgan fingerprint density at radius 1 is 0.967 bits per heavy atom. The SMILES string of the molecule is O=C(CCc1nc(-c2cccs2)no1)N1CCN(CC(=O)N2CCCCCC2)CC1. The zero-order valence-corrected chi connectivity index (χ0v) is 18.1. The Hall–Kier alpha value is -2.26. The number of likely N-dealkylation sites (tertiary alicyclic amines) is 1. The molecule has 0 atom stereocenters. The fraction of sp³-hybridized carbons (Fsp3) is 0.619. The van der Waals surface area contributed by atoms with Crippen molar-refractivity contribution < 1.29 is 14.1 Å². The number of carbonyl (C=O) groups excluding carboxylic acids is 2. The number of rotatable bonds is 6. The summed E-state index contributed by atoms with van der Waals surface area (Å²) in [5.41, 5.74) is 0. The minimum Gasteiger partial charge on any atom is -0.342 e. The highest BCUT2D eigenvalue weighted by molar-refractivity contribution is 7.13. The van der Waals surface area contributed by atoms with Gasteiger partial charge in [0.2, 0.25) is 23.5 Å². The number of hydrogen-bond donors (Lipinski definition) is 0. The van der Waals surface area contributed by atoms with Gasteiger partial charge in [-0.1, -0.05) is 24.1 Å². The molecule has 4 rings (SSSR count). The average molecular weight is 432 g/mol. The molecule has 0 N–H and O–H groups in total. The maximum absolute atomic E-state index is 12.6. The van der Waals surface area contributed by atoms with Crippen molar-refractivity contribution in [2.45, 2.75) is 38.5 Å². The lowest BCUT2D eigenvalue weighted by molar-refractivity contribution is -0.135. The van der Waals surface area contributed by atoms with Crippen LogP contribution in [0.25, 0.3) is 10.7 Å². The minimum atomic E-state index is 0.101. The number of nitrogens with zero attached hydrogens (tertiary/aromatic N) is 5. The van der Waals surface area contributed by atoms with E-state index < -0.39 is 0 Å². The highest BCUT2D eigenvalue weighted by Gasteiger charge is 2.24. The second-order valence-corrected chi connectivity index (χ2v) is 8.89. The van der Waals surface area contributed by atoms with E-state index >= 15 is 0 Å². The van der Waals surface area contributed by atoms with E-state index in [4.69, 9.17) is 4.52 Å². The summed E-state index contributed by atoms with van der Waals surface area (Å²) in [5.74, 6) is 1.41. The van der Waals surface area contributed by atoms with Crippen molar-refractivity contribution in [3.63, 3.8) is 0 Å². The maximum atomic E-state index is 12.6. The molecule has 0 radical (unpaired) electrons. The Morgan fingerprint density at radius 3 is 2.40 bits per heavy atom. The van der Waals surface area contributed by atoms with E-state index in [-0.39, 0.29) is 11.8 Å². The Labute approximate surface area is 180 Å². The zero-order valence-electron chi connectivity index (χ0n) is 17.3. The molecule has 0 bridgehead atoms. The van der Waals surface area contributed by atoms with Crippen molar-refractivity contribution in [1.29, 1.82) is 0 Å². The number of aromatic nitrogens is 2. The first kappa shape index (κ1) is 21.0. The summed E-state index contributed by atoms with van der Waals surface area (Å²) in [6.45, 7) is 5.06. The van der Waals surface area contributed by atoms with Gasteiger partial charge in [-0.15, -0.1) is 11.3 Å². The molecule has 162 valence electrons. The van der Waals surface area contributed by atoms with Gasteiger partial charge in [-0.05, 0) is 24.3 Å². The molecule has 0 aliphatic carbocycles. The van der Waals surface area contributed by atoms with E-state index in [9.17, 15) is 9.59 Å². The predicted octanol–water partition coefficient (Wildman–Crippen LogP) is 2.28. The number of carbonyl (C=O) groups is 2. The van der Waals surface area contributed by atoms with Crippen LogP contribution in [-0.4, -0.2) is 82.5 Å². The molecule has 2 fully saturated rings. The number of amides is 2. The third kappa shape index (κ3) is 5.46. The van der Waals surface area contributed by atoms with Crippen LogP contribution >= 0.6 is 11.3 Å². The molecule has 2 saturated heterocycles. The first-order chi connectivity index (χ1) is 14.7. The lowest BCUT2D eigenvalue weighted by Crippen LogP contribution is -2.51. The van der Waals surface area contributed by atoms with Gasteiger partial charge in [-0.2, -0.15) is 4.98 Å². The highest BCUT2D eigenvalue weighted by atomic mass is 32.1. The first-order valence-corrected chi connectivity index (χ1v) is 11.7. The van der Waals surface area contributed by atoms with Gasteiger partial charge in [0.05, 0.1) is 11.4 Å². The van der Waals surface area contributed by atoms with Gasteiger partial charge < -0.3 is 14.3 Å². The fourth-order valence-corrected chi connectivity index (χ4v) is 4.65. The monoisotopic (exact) mass is 431 g/mol. The molecule has 2 aliphatic rings. The van der Waals surface area contributed by atoms with Crippen LogP contribution < -0.4 is 0 Å². The van der Waals surface area contributed by atoms with E-state index in [1.807, 2.05) is 27.3 Å². The second-order valence-electron chi connectivity index (χ2n) is 7.94. The smallest absolute Gasteiger partial charge is 0.236 e. The van der Waals surface area contributed by atoms with Gasteiger partial charge >= 0.3 is 0 Å². The van der Waals surface area contributed by atoms with Crippen LogP contribution in [0.3, 0.4) is 0 Å². The largest absolute Gasteiger partial charge is 0.342 e. The molecule has 30 heavy (non-hydrogen) atoms. The molecular formula is C21H29N5O3S. The van der Waals surface area contributed by atoms with Crippen LogP contribution in [0, 0.1) is 0 Å². The van der Waals surface area contributed by atoms with E-state index in [0.717, 1.165) is 43.9 Å². The highest BCUT2D eigenvalue weighted by Crippen LogP contribution is 2.21. The van der Waals surface area contributed by atoms with Crippen molar-refractivity contribution in [3.8, 4) is 10.7 Å². The summed E-state index contributed by atoms with van der Waals surface area (Å²) >= 11 is 1.56. The van der Waals surface area contributed by atoms with Crippen molar-refractivity contribution in [3.05, 3.63) is 23.4 Å². The molecule has 0 spiro atoms. The van der Waals surface area contributed by atoms with E-state index in [0.29, 0.717) is 44.2 Å². The number of piperazine rings is 1. The summed E-state index contributed by atoms with van der Waals surface area (Å²) in [4.78, 5) is 36.5. The maximum Gasteiger partial charge on any atom is 0.236 e. The molecule has 0 unspecified atom stereocenters. The van der Waals surface area contributed by atoms with Crippen LogP contribution in [0.15, 0.2) is 22.0 Å². The number of thiophene rings is 1. The molecule has 0 saturated carbocycles. The second kappa shape index (κ2) is 10.2. The van der Waals surface area contributed by atoms with Gasteiger partial charge in [0.15, 0.2) is 0 Å². The summed E-state index contributed by atoms with van der Waals surface area (Å²) in [5, 5.41) is 5.96. The first-order valence-electron chi connectivity index (χ1n) is 10.8. The zero-order chi connectivity index (χ0) is 20.8. The Bertz CT molecular complexity index is 822.